The van der Waals surface area contributed by atoms with Gasteiger partial charge in [-0.1, -0.05) is 22.9 Å². The third-order valence-corrected chi connectivity index (χ3v) is 3.55. The van der Waals surface area contributed by atoms with Gasteiger partial charge in [0.25, 0.3) is 0 Å². The zero-order valence-electron chi connectivity index (χ0n) is 11.2. The Morgan fingerprint density at radius 3 is 2.80 bits per heavy atom. The number of nitrogen functional groups attached to an aromatic ring is 1. The Balaban J connectivity index is 2.09. The van der Waals surface area contributed by atoms with Crippen molar-refractivity contribution in [3.05, 3.63) is 57.9 Å². The first-order valence-corrected chi connectivity index (χ1v) is 7.27. The van der Waals surface area contributed by atoms with Crippen LogP contribution >= 0.6 is 15.9 Å². The van der Waals surface area contributed by atoms with E-state index in [0.29, 0.717) is 12.4 Å². The van der Waals surface area contributed by atoms with Gasteiger partial charge in [-0.15, -0.1) is 0 Å². The highest BCUT2D eigenvalue weighted by Crippen LogP contribution is 2.23. The number of nitrogens with two attached hydrogens (primary N) is 1. The maximum absolute atomic E-state index is 13.5. The third-order valence-electron chi connectivity index (χ3n) is 3.09. The first-order valence-electron chi connectivity index (χ1n) is 6.48. The largest absolute Gasteiger partial charge is 0.384 e. The number of nitrogens with zero attached hydrogens (tertiary/aromatic N) is 1. The van der Waals surface area contributed by atoms with Gasteiger partial charge < -0.3 is 11.1 Å². The Morgan fingerprint density at radius 2 is 2.15 bits per heavy atom. The molecule has 0 aliphatic carbocycles. The van der Waals surface area contributed by atoms with Crippen LogP contribution in [0.3, 0.4) is 0 Å². The van der Waals surface area contributed by atoms with Crippen molar-refractivity contribution in [1.29, 1.82) is 0 Å². The lowest BCUT2D eigenvalue weighted by Gasteiger charge is -2.18. The lowest BCUT2D eigenvalue weighted by molar-refractivity contribution is 0.514. The third kappa shape index (κ3) is 4.02. The fourth-order valence-electron chi connectivity index (χ4n) is 2.12. The van der Waals surface area contributed by atoms with Crippen molar-refractivity contribution >= 4 is 21.7 Å². The van der Waals surface area contributed by atoms with Crippen LogP contribution in [0.2, 0.25) is 0 Å². The second-order valence-electron chi connectivity index (χ2n) is 4.63. The van der Waals surface area contributed by atoms with E-state index in [-0.39, 0.29) is 11.9 Å². The number of hydrogen-bond donors (Lipinski definition) is 2. The minimum atomic E-state index is -0.234. The van der Waals surface area contributed by atoms with E-state index in [0.717, 1.165) is 22.0 Å². The molecule has 20 heavy (non-hydrogen) atoms. The van der Waals surface area contributed by atoms with Gasteiger partial charge >= 0.3 is 0 Å². The molecular weight excluding hydrogens is 321 g/mol. The summed E-state index contributed by atoms with van der Waals surface area (Å²) in [4.78, 5) is 3.96. The maximum atomic E-state index is 13.5. The highest BCUT2D eigenvalue weighted by atomic mass is 79.9. The minimum absolute atomic E-state index is 0.0939. The molecule has 0 spiro atoms. The number of halogens is 2. The molecule has 0 saturated carbocycles. The van der Waals surface area contributed by atoms with Gasteiger partial charge in [0.2, 0.25) is 0 Å². The molecule has 0 saturated heterocycles. The average Bonchev–Trinajstić information content (AvgIpc) is 2.38. The van der Waals surface area contributed by atoms with E-state index in [4.69, 9.17) is 5.73 Å². The van der Waals surface area contributed by atoms with Crippen molar-refractivity contribution < 1.29 is 4.39 Å². The smallest absolute Gasteiger partial charge is 0.124 e. The number of nitrogens with one attached hydrogen (secondary N) is 1. The van der Waals surface area contributed by atoms with Gasteiger partial charge in [0.05, 0.1) is 0 Å². The van der Waals surface area contributed by atoms with Gasteiger partial charge in [-0.25, -0.2) is 9.37 Å². The van der Waals surface area contributed by atoms with Crippen molar-refractivity contribution in [2.45, 2.75) is 25.9 Å². The predicted molar refractivity (Wildman–Crippen MR) is 82.6 cm³/mol. The molecule has 1 atom stereocenters. The molecule has 0 bridgehead atoms. The molecule has 3 N–H and O–H groups in total. The second kappa shape index (κ2) is 6.81. The Hall–Kier alpha value is -1.46. The summed E-state index contributed by atoms with van der Waals surface area (Å²) in [6.45, 7) is 2.73. The van der Waals surface area contributed by atoms with Crippen LogP contribution in [0.1, 0.15) is 30.5 Å². The van der Waals surface area contributed by atoms with Crippen molar-refractivity contribution in [2.75, 3.05) is 5.73 Å². The summed E-state index contributed by atoms with van der Waals surface area (Å²) in [5, 5.41) is 3.41. The molecule has 0 radical (unpaired) electrons. The summed E-state index contributed by atoms with van der Waals surface area (Å²) >= 11 is 3.32. The molecule has 1 aromatic carbocycles. The summed E-state index contributed by atoms with van der Waals surface area (Å²) in [5.74, 6) is 0.272. The van der Waals surface area contributed by atoms with Crippen LogP contribution in [-0.2, 0) is 6.54 Å². The van der Waals surface area contributed by atoms with Crippen LogP contribution in [0.4, 0.5) is 10.2 Å². The molecule has 0 amide bonds. The topological polar surface area (TPSA) is 50.9 Å². The van der Waals surface area contributed by atoms with Crippen molar-refractivity contribution in [2.24, 2.45) is 0 Å². The lowest BCUT2D eigenvalue weighted by Crippen LogP contribution is -2.20. The van der Waals surface area contributed by atoms with Crippen LogP contribution in [0.5, 0.6) is 0 Å². The highest BCUT2D eigenvalue weighted by Gasteiger charge is 2.11. The quantitative estimate of drug-likeness (QED) is 0.872. The first kappa shape index (κ1) is 14.9. The van der Waals surface area contributed by atoms with Gasteiger partial charge in [0.15, 0.2) is 0 Å². The van der Waals surface area contributed by atoms with Crippen molar-refractivity contribution in [3.8, 4) is 0 Å². The van der Waals surface area contributed by atoms with E-state index in [1.165, 1.54) is 6.07 Å². The summed E-state index contributed by atoms with van der Waals surface area (Å²) in [5.41, 5.74) is 7.65. The van der Waals surface area contributed by atoms with Gasteiger partial charge in [-0.3, -0.25) is 0 Å². The molecule has 2 rings (SSSR count). The molecule has 1 aromatic heterocycles. The highest BCUT2D eigenvalue weighted by molar-refractivity contribution is 9.10. The number of hydrogen-bond acceptors (Lipinski definition) is 3. The molecule has 106 valence electrons. The zero-order valence-corrected chi connectivity index (χ0v) is 12.8. The molecule has 2 aromatic rings. The normalized spacial score (nSPS) is 12.3. The molecule has 0 fully saturated rings. The fourth-order valence-corrected chi connectivity index (χ4v) is 2.60. The summed E-state index contributed by atoms with van der Waals surface area (Å²) in [7, 11) is 0. The Morgan fingerprint density at radius 1 is 1.35 bits per heavy atom. The summed E-state index contributed by atoms with van der Waals surface area (Å²) < 4.78 is 14.2. The second-order valence-corrected chi connectivity index (χ2v) is 5.55. The standard InChI is InChI=1S/C15H17BrFN3/c1-2-14(11-6-12(16)8-13(17)7-11)20-9-10-3-4-19-15(18)5-10/h3-8,14,20H,2,9H2,1H3,(H2,18,19)/t14-/m1/s1. The molecule has 0 aliphatic rings. The van der Waals surface area contributed by atoms with E-state index in [9.17, 15) is 4.39 Å². The van der Waals surface area contributed by atoms with E-state index in [1.54, 1.807) is 12.3 Å². The Labute approximate surface area is 126 Å². The molecule has 3 nitrogen and oxygen atoms in total. The first-order chi connectivity index (χ1) is 9.58. The van der Waals surface area contributed by atoms with E-state index in [1.807, 2.05) is 18.2 Å². The minimum Gasteiger partial charge on any atom is -0.384 e. The fraction of sp³-hybridized carbons (Fsp3) is 0.267. The monoisotopic (exact) mass is 337 g/mol. The van der Waals surface area contributed by atoms with Crippen LogP contribution in [0, 0.1) is 5.82 Å². The van der Waals surface area contributed by atoms with Crippen LogP contribution in [0.15, 0.2) is 41.0 Å². The SMILES string of the molecule is CC[C@@H](NCc1ccnc(N)c1)c1cc(F)cc(Br)c1. The molecule has 0 unspecified atom stereocenters. The van der Waals surface area contributed by atoms with E-state index < -0.39 is 0 Å². The van der Waals surface area contributed by atoms with Gasteiger partial charge in [0.1, 0.15) is 11.6 Å². The number of anilines is 1. The number of pyridine rings is 1. The van der Waals surface area contributed by atoms with Crippen molar-refractivity contribution in [1.82, 2.24) is 10.3 Å². The number of rotatable bonds is 5. The molecule has 5 heteroatoms. The lowest BCUT2D eigenvalue weighted by atomic mass is 10.0. The zero-order chi connectivity index (χ0) is 14.5. The summed E-state index contributed by atoms with van der Waals surface area (Å²) in [6, 6.07) is 8.80. The van der Waals surface area contributed by atoms with Gasteiger partial charge in [-0.2, -0.15) is 0 Å². The number of benzene rings is 1. The van der Waals surface area contributed by atoms with Crippen LogP contribution < -0.4 is 11.1 Å². The molecular formula is C15H17BrFN3. The summed E-state index contributed by atoms with van der Waals surface area (Å²) in [6.07, 6.45) is 2.56. The Bertz CT molecular complexity index is 569. The van der Waals surface area contributed by atoms with E-state index >= 15 is 0 Å². The van der Waals surface area contributed by atoms with Gasteiger partial charge in [0, 0.05) is 23.3 Å². The van der Waals surface area contributed by atoms with E-state index in [2.05, 4.69) is 33.2 Å². The molecule has 0 aliphatic heterocycles. The molecule has 1 heterocycles. The maximum Gasteiger partial charge on any atom is 0.124 e. The Kier molecular flexibility index (Phi) is 5.09. The van der Waals surface area contributed by atoms with Crippen LogP contribution in [0.25, 0.3) is 0 Å². The average molecular weight is 338 g/mol. The van der Waals surface area contributed by atoms with Gasteiger partial charge in [-0.05, 0) is 47.9 Å². The van der Waals surface area contributed by atoms with Crippen molar-refractivity contribution in [3.63, 3.8) is 0 Å². The predicted octanol–water partition coefficient (Wildman–Crippen LogP) is 3.81. The number of aromatic nitrogens is 1. The van der Waals surface area contributed by atoms with Crippen LogP contribution in [-0.4, -0.2) is 4.98 Å².